The van der Waals surface area contributed by atoms with E-state index in [2.05, 4.69) is 4.18 Å². The van der Waals surface area contributed by atoms with E-state index in [9.17, 15) is 13.0 Å². The Kier molecular flexibility index (Phi) is 17.7. The monoisotopic (exact) mass is 562 g/mol. The number of hydrogen-bond acceptors (Lipinski definition) is 7. The molecule has 5 N–H and O–H groups in total. The van der Waals surface area contributed by atoms with Gasteiger partial charge in [-0.1, -0.05) is 48.5 Å². The summed E-state index contributed by atoms with van der Waals surface area (Å²) in [6, 6.07) is 20.8. The molecule has 0 heterocycles. The first-order chi connectivity index (χ1) is 14.4. The normalized spacial score (nSPS) is 11.1. The molecular formula is C20H18Cl2N2Na2O6S2. The van der Waals surface area contributed by atoms with Crippen molar-refractivity contribution in [2.75, 3.05) is 11.5 Å². The summed E-state index contributed by atoms with van der Waals surface area (Å²) in [6.45, 7) is 0. The topological polar surface area (TPSA) is 148 Å². The van der Waals surface area contributed by atoms with Crippen molar-refractivity contribution in [2.45, 2.75) is 0 Å². The van der Waals surface area contributed by atoms with Crippen LogP contribution < -0.4 is 91.4 Å². The quantitative estimate of drug-likeness (QED) is 0.127. The molecule has 34 heavy (non-hydrogen) atoms. The van der Waals surface area contributed by atoms with Crippen LogP contribution in [-0.4, -0.2) is 17.5 Å². The molecule has 4 aromatic carbocycles. The van der Waals surface area contributed by atoms with Crippen LogP contribution in [0, 0.1) is 0 Å². The van der Waals surface area contributed by atoms with Gasteiger partial charge in [0.25, 0.3) is 0 Å². The van der Waals surface area contributed by atoms with E-state index >= 15 is 0 Å². The van der Waals surface area contributed by atoms with Crippen molar-refractivity contribution in [2.24, 2.45) is 0 Å². The van der Waals surface area contributed by atoms with Crippen LogP contribution in [0.1, 0.15) is 0 Å². The van der Waals surface area contributed by atoms with Crippen LogP contribution in [0.3, 0.4) is 0 Å². The summed E-state index contributed by atoms with van der Waals surface area (Å²) < 4.78 is 49.5. The first kappa shape index (κ1) is 35.6. The Bertz CT molecular complexity index is 1170. The molecule has 0 aliphatic rings. The van der Waals surface area contributed by atoms with E-state index in [4.69, 9.17) is 20.2 Å². The summed E-state index contributed by atoms with van der Waals surface area (Å²) >= 11 is -4.89. The van der Waals surface area contributed by atoms with E-state index in [-0.39, 0.29) is 89.7 Å². The van der Waals surface area contributed by atoms with Gasteiger partial charge in [0, 0.05) is 32.9 Å². The predicted molar refractivity (Wildman–Crippen MR) is 125 cm³/mol. The minimum absolute atomic E-state index is 0. The molecule has 0 fully saturated rings. The third-order valence-corrected chi connectivity index (χ3v) is 4.79. The number of hydrogen-bond donors (Lipinski definition) is 3. The smallest absolute Gasteiger partial charge is 1.00 e. The molecular weight excluding hydrogens is 545 g/mol. The fourth-order valence-corrected chi connectivity index (χ4v) is 3.48. The molecule has 0 saturated heterocycles. The first-order valence-electron chi connectivity index (χ1n) is 8.48. The summed E-state index contributed by atoms with van der Waals surface area (Å²) in [5.41, 5.74) is 12.7. The Balaban J connectivity index is 0. The van der Waals surface area contributed by atoms with Gasteiger partial charge in [0.05, 0.1) is 0 Å². The number of rotatable bonds is 4. The standard InChI is InChI=1S/2C10H9NO3S.2ClH.2Na/c2*11-9-5-6-10(14-15(12)13)8-4-2-1-3-7(8)9;;;;/h2*1-6H,11H2,(H,12,13);2*1H;;/q;;;;2*+1/p-2. The van der Waals surface area contributed by atoms with Gasteiger partial charge in [-0.3, -0.25) is 4.55 Å². The molecule has 0 saturated carbocycles. The second-order valence-electron chi connectivity index (χ2n) is 5.98. The third kappa shape index (κ3) is 9.45. The molecule has 0 aliphatic heterocycles. The number of fused-ring (bicyclic) bond motifs is 2. The predicted octanol–water partition coefficient (Wildman–Crippen LogP) is -5.03. The maximum atomic E-state index is 10.6. The van der Waals surface area contributed by atoms with Gasteiger partial charge in [-0.15, -0.1) is 12.4 Å². The number of nitrogens with two attached hydrogens (primary N) is 2. The zero-order valence-electron chi connectivity index (χ0n) is 18.2. The SMILES string of the molecule is Cl.Nc1ccc(OS(=O)O)c2ccccc12.Nc1ccc(OS(=O)[O-])c2ccccc12.[Cl-].[Na+].[Na+]. The van der Waals surface area contributed by atoms with Crippen molar-refractivity contribution in [3.8, 4) is 11.5 Å². The Hall–Kier alpha value is -0.600. The van der Waals surface area contributed by atoms with E-state index in [1.165, 1.54) is 6.07 Å². The third-order valence-electron chi connectivity index (χ3n) is 4.15. The van der Waals surface area contributed by atoms with Crippen molar-refractivity contribution in [3.05, 3.63) is 72.8 Å². The van der Waals surface area contributed by atoms with Crippen LogP contribution >= 0.6 is 12.4 Å². The summed E-state index contributed by atoms with van der Waals surface area (Å²) in [5, 5.41) is 2.99. The Morgan fingerprint density at radius 2 is 1.03 bits per heavy atom. The number of benzene rings is 4. The van der Waals surface area contributed by atoms with Crippen LogP contribution in [0.5, 0.6) is 11.5 Å². The molecule has 0 spiro atoms. The number of nitrogen functional groups attached to an aromatic ring is 2. The number of halogens is 2. The average molecular weight is 563 g/mol. The van der Waals surface area contributed by atoms with Crippen molar-refractivity contribution in [1.29, 1.82) is 0 Å². The van der Waals surface area contributed by atoms with Gasteiger partial charge in [0.15, 0.2) is 5.75 Å². The molecule has 14 heteroatoms. The van der Waals surface area contributed by atoms with Crippen molar-refractivity contribution in [1.82, 2.24) is 0 Å². The Labute approximate surface area is 258 Å². The summed E-state index contributed by atoms with van der Waals surface area (Å²) in [4.78, 5) is 0. The largest absolute Gasteiger partial charge is 1.00 e. The molecule has 0 bridgehead atoms. The van der Waals surface area contributed by atoms with Crippen LogP contribution in [0.4, 0.5) is 11.4 Å². The van der Waals surface area contributed by atoms with Gasteiger partial charge in [-0.2, -0.15) is 4.21 Å². The fraction of sp³-hybridized carbons (Fsp3) is 0. The second kappa shape index (κ2) is 17.0. The van der Waals surface area contributed by atoms with E-state index in [1.54, 1.807) is 36.4 Å². The molecule has 2 unspecified atom stereocenters. The average Bonchev–Trinajstić information content (AvgIpc) is 2.73. The zero-order valence-corrected chi connectivity index (χ0v) is 25.4. The second-order valence-corrected chi connectivity index (χ2v) is 7.16. The molecule has 4 rings (SSSR count). The van der Waals surface area contributed by atoms with Crippen LogP contribution in [0.2, 0.25) is 0 Å². The molecule has 0 radical (unpaired) electrons. The minimum atomic E-state index is -2.57. The zero-order chi connectivity index (χ0) is 21.7. The first-order valence-corrected chi connectivity index (χ1v) is 10.5. The minimum Gasteiger partial charge on any atom is -1.00 e. The molecule has 4 aromatic rings. The Morgan fingerprint density at radius 1 is 0.676 bits per heavy atom. The molecule has 8 nitrogen and oxygen atoms in total. The maximum absolute atomic E-state index is 10.6. The fourth-order valence-electron chi connectivity index (χ4n) is 2.88. The summed E-state index contributed by atoms with van der Waals surface area (Å²) in [5.74, 6) is 0.633. The van der Waals surface area contributed by atoms with E-state index in [1.807, 2.05) is 30.3 Å². The van der Waals surface area contributed by atoms with E-state index < -0.39 is 22.7 Å². The summed E-state index contributed by atoms with van der Waals surface area (Å²) in [7, 11) is 0. The molecule has 0 aliphatic carbocycles. The summed E-state index contributed by atoms with van der Waals surface area (Å²) in [6.07, 6.45) is 0. The Morgan fingerprint density at radius 3 is 1.38 bits per heavy atom. The van der Waals surface area contributed by atoms with E-state index in [0.29, 0.717) is 22.5 Å². The van der Waals surface area contributed by atoms with Crippen molar-refractivity contribution >= 4 is 68.0 Å². The molecule has 0 aromatic heterocycles. The van der Waals surface area contributed by atoms with Gasteiger partial charge in [0.1, 0.15) is 17.1 Å². The molecule has 172 valence electrons. The van der Waals surface area contributed by atoms with Crippen LogP contribution in [-0.2, 0) is 22.7 Å². The van der Waals surface area contributed by atoms with Gasteiger partial charge in [-0.05, 0) is 24.3 Å². The van der Waals surface area contributed by atoms with Gasteiger partial charge < -0.3 is 36.8 Å². The van der Waals surface area contributed by atoms with Crippen molar-refractivity contribution < 1.29 is 97.4 Å². The number of anilines is 2. The van der Waals surface area contributed by atoms with Crippen LogP contribution in [0.25, 0.3) is 21.5 Å². The maximum Gasteiger partial charge on any atom is 1.00 e. The van der Waals surface area contributed by atoms with Gasteiger partial charge in [-0.25, -0.2) is 4.21 Å². The van der Waals surface area contributed by atoms with Crippen LogP contribution in [0.15, 0.2) is 72.8 Å². The van der Waals surface area contributed by atoms with E-state index in [0.717, 1.165) is 16.2 Å². The molecule has 2 atom stereocenters. The van der Waals surface area contributed by atoms with Gasteiger partial charge in [0.2, 0.25) is 0 Å². The van der Waals surface area contributed by atoms with Gasteiger partial charge >= 0.3 is 70.5 Å². The molecule has 0 amide bonds. The van der Waals surface area contributed by atoms with Crippen molar-refractivity contribution in [3.63, 3.8) is 0 Å².